The van der Waals surface area contributed by atoms with E-state index in [1.165, 1.54) is 7.11 Å². The maximum atomic E-state index is 13.4. The Balaban J connectivity index is 2.13. The second kappa shape index (κ2) is 8.25. The summed E-state index contributed by atoms with van der Waals surface area (Å²) in [7, 11) is 4.62. The van der Waals surface area contributed by atoms with Gasteiger partial charge >= 0.3 is 5.69 Å². The average molecular weight is 412 g/mol. The Bertz CT molecular complexity index is 1360. The van der Waals surface area contributed by atoms with E-state index in [1.54, 1.807) is 26.4 Å². The number of methoxy groups -OCH3 is 3. The van der Waals surface area contributed by atoms with E-state index in [4.69, 9.17) is 14.2 Å². The van der Waals surface area contributed by atoms with E-state index in [9.17, 15) is 10.5 Å². The standard InChI is InChI=1S/C25H20N2O4/c1-29-19-11-7-10-17-20(19)25(31-3)18-14-16(13-12-15-8-5-4-6-9-15)22(27-26)23(28)21(18)24(17)30-2/h4-14H,1-3H3/b13-12+. The summed E-state index contributed by atoms with van der Waals surface area (Å²) in [5.41, 5.74) is 1.34. The highest BCUT2D eigenvalue weighted by molar-refractivity contribution is 6.17. The third kappa shape index (κ3) is 3.26. The molecule has 4 rings (SSSR count). The summed E-state index contributed by atoms with van der Waals surface area (Å²) < 4.78 is 16.9. The van der Waals surface area contributed by atoms with Gasteiger partial charge in [0.25, 0.3) is 0 Å². The quantitative estimate of drug-likeness (QED) is 0.237. The van der Waals surface area contributed by atoms with Crippen molar-refractivity contribution in [1.82, 2.24) is 0 Å². The molecule has 4 aromatic rings. The molecule has 0 amide bonds. The Morgan fingerprint density at radius 2 is 1.52 bits per heavy atom. The molecule has 0 N–H and O–H groups in total. The number of fused-ring (bicyclic) bond motifs is 2. The second-order valence-corrected chi connectivity index (χ2v) is 6.86. The van der Waals surface area contributed by atoms with Crippen LogP contribution >= 0.6 is 0 Å². The van der Waals surface area contributed by atoms with Crippen LogP contribution in [0.25, 0.3) is 38.7 Å². The van der Waals surface area contributed by atoms with Crippen molar-refractivity contribution in [2.75, 3.05) is 21.3 Å². The molecular weight excluding hydrogens is 392 g/mol. The molecule has 0 heterocycles. The van der Waals surface area contributed by atoms with Crippen LogP contribution in [-0.4, -0.2) is 21.3 Å². The van der Waals surface area contributed by atoms with Gasteiger partial charge in [-0.15, -0.1) is 0 Å². The summed E-state index contributed by atoms with van der Waals surface area (Å²) in [6, 6.07) is 16.9. The van der Waals surface area contributed by atoms with Gasteiger partial charge in [-0.2, -0.15) is 0 Å². The summed E-state index contributed by atoms with van der Waals surface area (Å²) in [6.07, 6.45) is 3.59. The van der Waals surface area contributed by atoms with Gasteiger partial charge in [-0.25, -0.2) is 0 Å². The number of benzene rings is 4. The number of diazo groups is 1. The predicted octanol–water partition coefficient (Wildman–Crippen LogP) is 5.75. The van der Waals surface area contributed by atoms with Gasteiger partial charge in [0, 0.05) is 21.9 Å². The first-order valence-corrected chi connectivity index (χ1v) is 9.61. The monoisotopic (exact) mass is 412 g/mol. The van der Waals surface area contributed by atoms with Crippen molar-refractivity contribution < 1.29 is 19.3 Å². The molecule has 0 unspecified atom stereocenters. The Morgan fingerprint density at radius 3 is 2.16 bits per heavy atom. The normalized spacial score (nSPS) is 11.0. The highest BCUT2D eigenvalue weighted by atomic mass is 16.5. The van der Waals surface area contributed by atoms with Gasteiger partial charge in [-0.1, -0.05) is 48.5 Å². The maximum Gasteiger partial charge on any atom is 0.385 e. The Morgan fingerprint density at radius 1 is 0.806 bits per heavy atom. The fourth-order valence-electron chi connectivity index (χ4n) is 3.87. The maximum absolute atomic E-state index is 13.4. The van der Waals surface area contributed by atoms with Crippen molar-refractivity contribution >= 4 is 39.4 Å². The Hall–Kier alpha value is -4.24. The van der Waals surface area contributed by atoms with Crippen molar-refractivity contribution in [1.29, 1.82) is 5.39 Å². The molecule has 0 spiro atoms. The van der Waals surface area contributed by atoms with Crippen molar-refractivity contribution in [3.63, 3.8) is 0 Å². The van der Waals surface area contributed by atoms with E-state index in [1.807, 2.05) is 54.6 Å². The molecule has 0 aliphatic carbocycles. The zero-order chi connectivity index (χ0) is 22.0. The van der Waals surface area contributed by atoms with Gasteiger partial charge in [0.1, 0.15) is 17.2 Å². The lowest BCUT2D eigenvalue weighted by Crippen LogP contribution is -2.00. The summed E-state index contributed by atoms with van der Waals surface area (Å²) in [5, 5.41) is 25.2. The van der Waals surface area contributed by atoms with Crippen molar-refractivity contribution in [2.45, 2.75) is 0 Å². The summed E-state index contributed by atoms with van der Waals surface area (Å²) in [6.45, 7) is 0. The average Bonchev–Trinajstić information content (AvgIpc) is 2.81. The molecule has 31 heavy (non-hydrogen) atoms. The number of hydrogen-bond donors (Lipinski definition) is 0. The van der Waals surface area contributed by atoms with E-state index in [0.29, 0.717) is 39.0 Å². The lowest BCUT2D eigenvalue weighted by atomic mass is 9.96. The molecule has 0 aliphatic heterocycles. The van der Waals surface area contributed by atoms with Crippen LogP contribution in [0.4, 0.5) is 5.69 Å². The molecule has 154 valence electrons. The molecule has 0 radical (unpaired) electrons. The lowest BCUT2D eigenvalue weighted by Gasteiger charge is -2.20. The number of nitrogens with zero attached hydrogens (tertiary/aromatic N) is 2. The van der Waals surface area contributed by atoms with Gasteiger partial charge in [0.15, 0.2) is 4.98 Å². The molecule has 6 heteroatoms. The number of hydrogen-bond acceptors (Lipinski definition) is 5. The van der Waals surface area contributed by atoms with Crippen LogP contribution in [0.5, 0.6) is 23.0 Å². The van der Waals surface area contributed by atoms with Crippen molar-refractivity contribution in [3.05, 3.63) is 70.7 Å². The third-order valence-electron chi connectivity index (χ3n) is 5.24. The first kappa shape index (κ1) is 20.0. The largest absolute Gasteiger partial charge is 0.867 e. The second-order valence-electron chi connectivity index (χ2n) is 6.86. The van der Waals surface area contributed by atoms with E-state index < -0.39 is 5.75 Å². The Kier molecular flexibility index (Phi) is 5.33. The lowest BCUT2D eigenvalue weighted by molar-refractivity contribution is -0.264. The molecule has 6 nitrogen and oxygen atoms in total. The molecule has 0 aromatic heterocycles. The Labute approximate surface area is 179 Å². The molecule has 4 aromatic carbocycles. The van der Waals surface area contributed by atoms with Crippen molar-refractivity contribution in [3.8, 4) is 23.0 Å². The first-order valence-electron chi connectivity index (χ1n) is 9.61. The number of rotatable bonds is 5. The van der Waals surface area contributed by atoms with Crippen LogP contribution in [0, 0.1) is 5.39 Å². The SMILES string of the molecule is COc1cccc2c(OC)c3c([O-])c([N+]#N)c(/C=C/c4ccccc4)cc3c(OC)c12. The van der Waals surface area contributed by atoms with Crippen LogP contribution in [0.3, 0.4) is 0 Å². The smallest absolute Gasteiger partial charge is 0.385 e. The number of ether oxygens (including phenoxy) is 3. The molecule has 0 fully saturated rings. The van der Waals surface area contributed by atoms with Crippen molar-refractivity contribution in [2.24, 2.45) is 0 Å². The predicted molar refractivity (Wildman–Crippen MR) is 121 cm³/mol. The van der Waals surface area contributed by atoms with E-state index >= 15 is 0 Å². The van der Waals surface area contributed by atoms with Gasteiger partial charge in [0.2, 0.25) is 5.39 Å². The fraction of sp³-hybridized carbons (Fsp3) is 0.120. The van der Waals surface area contributed by atoms with Gasteiger partial charge in [-0.05, 0) is 23.8 Å². The van der Waals surface area contributed by atoms with E-state index in [0.717, 1.165) is 5.56 Å². The summed E-state index contributed by atoms with van der Waals surface area (Å²) in [5.74, 6) is 1.00. The zero-order valence-corrected chi connectivity index (χ0v) is 17.4. The van der Waals surface area contributed by atoms with Crippen LogP contribution in [0.15, 0.2) is 54.6 Å². The molecular formula is C25H20N2O4. The highest BCUT2D eigenvalue weighted by Crippen LogP contribution is 2.51. The van der Waals surface area contributed by atoms with Gasteiger partial charge in [0.05, 0.1) is 32.3 Å². The van der Waals surface area contributed by atoms with Crippen LogP contribution in [-0.2, 0) is 0 Å². The van der Waals surface area contributed by atoms with Gasteiger partial charge < -0.3 is 19.3 Å². The van der Waals surface area contributed by atoms with E-state index in [2.05, 4.69) is 4.98 Å². The minimum absolute atomic E-state index is 0.0673. The van der Waals surface area contributed by atoms with E-state index in [-0.39, 0.29) is 11.1 Å². The van der Waals surface area contributed by atoms with Gasteiger partial charge in [-0.3, -0.25) is 0 Å². The minimum atomic E-state index is -0.451. The highest BCUT2D eigenvalue weighted by Gasteiger charge is 2.25. The van der Waals surface area contributed by atoms with Crippen LogP contribution in [0.1, 0.15) is 11.1 Å². The summed E-state index contributed by atoms with van der Waals surface area (Å²) in [4.78, 5) is 3.29. The minimum Gasteiger partial charge on any atom is -0.867 e. The fourth-order valence-corrected chi connectivity index (χ4v) is 3.87. The molecule has 0 atom stereocenters. The zero-order valence-electron chi connectivity index (χ0n) is 17.4. The summed E-state index contributed by atoms with van der Waals surface area (Å²) >= 11 is 0. The molecule has 0 bridgehead atoms. The van der Waals surface area contributed by atoms with Crippen LogP contribution < -0.4 is 19.3 Å². The molecule has 0 saturated heterocycles. The topological polar surface area (TPSA) is 78.9 Å². The molecule has 0 aliphatic rings. The first-order chi connectivity index (χ1) is 15.1. The van der Waals surface area contributed by atoms with Crippen LogP contribution in [0.2, 0.25) is 0 Å². The third-order valence-corrected chi connectivity index (χ3v) is 5.24. The molecule has 0 saturated carbocycles.